The van der Waals surface area contributed by atoms with Gasteiger partial charge in [0, 0.05) is 13.1 Å². The zero-order chi connectivity index (χ0) is 17.0. The molecule has 0 amide bonds. The third-order valence-electron chi connectivity index (χ3n) is 3.75. The molecule has 146 valence electrons. The molecule has 0 spiro atoms. The molecule has 0 aromatic heterocycles. The largest absolute Gasteiger partial charge is 0.489 e. The van der Waals surface area contributed by atoms with Gasteiger partial charge in [0.25, 0.3) is 0 Å². The van der Waals surface area contributed by atoms with Crippen molar-refractivity contribution in [1.29, 1.82) is 0 Å². The number of hydrogen-bond donors (Lipinski definition) is 3. The lowest BCUT2D eigenvalue weighted by Gasteiger charge is -2.09. The number of halogens is 2. The second-order valence-corrected chi connectivity index (χ2v) is 5.93. The fourth-order valence-electron chi connectivity index (χ4n) is 2.37. The average Bonchev–Trinajstić information content (AvgIpc) is 2.61. The summed E-state index contributed by atoms with van der Waals surface area (Å²) in [5, 5.41) is 15.3. The predicted octanol–water partition coefficient (Wildman–Crippen LogP) is 3.48. The summed E-state index contributed by atoms with van der Waals surface area (Å²) in [5.41, 5.74) is 3.66. The fourth-order valence-corrected chi connectivity index (χ4v) is 2.37. The molecule has 0 unspecified atom stereocenters. The summed E-state index contributed by atoms with van der Waals surface area (Å²) < 4.78 is 5.88. The Hall–Kier alpha value is -1.30. The van der Waals surface area contributed by atoms with Gasteiger partial charge in [-0.3, -0.25) is 0 Å². The molecule has 0 aliphatic rings. The summed E-state index contributed by atoms with van der Waals surface area (Å²) in [7, 11) is 0. The molecule has 0 saturated carbocycles. The van der Waals surface area contributed by atoms with Gasteiger partial charge in [-0.15, -0.1) is 24.8 Å². The van der Waals surface area contributed by atoms with Crippen LogP contribution in [0.5, 0.6) is 5.75 Å². The van der Waals surface area contributed by atoms with Crippen molar-refractivity contribution in [3.05, 3.63) is 65.2 Å². The van der Waals surface area contributed by atoms with Gasteiger partial charge in [0.15, 0.2) is 0 Å². The van der Waals surface area contributed by atoms with Gasteiger partial charge in [-0.1, -0.05) is 42.0 Å². The van der Waals surface area contributed by atoms with E-state index in [9.17, 15) is 0 Å². The standard InChI is InChI=1S/C20H28N2O2.2ClH/c1-17-6-8-18(9-7-17)16-24-20-5-2-4-19(14-20)15-22-11-3-10-21-12-13-23;;/h2,4-9,14,21-23H,3,10-13,15-16H2,1H3;2*1H. The molecule has 2 aromatic carbocycles. The van der Waals surface area contributed by atoms with Crippen molar-refractivity contribution in [2.45, 2.75) is 26.5 Å². The summed E-state index contributed by atoms with van der Waals surface area (Å²) in [6, 6.07) is 16.6. The topological polar surface area (TPSA) is 53.5 Å². The molecule has 26 heavy (non-hydrogen) atoms. The maximum Gasteiger partial charge on any atom is 0.120 e. The number of rotatable bonds is 11. The maximum absolute atomic E-state index is 8.68. The Morgan fingerprint density at radius 1 is 0.885 bits per heavy atom. The summed E-state index contributed by atoms with van der Waals surface area (Å²) in [5.74, 6) is 0.902. The van der Waals surface area contributed by atoms with Crippen molar-refractivity contribution in [2.75, 3.05) is 26.2 Å². The van der Waals surface area contributed by atoms with E-state index in [0.29, 0.717) is 13.2 Å². The summed E-state index contributed by atoms with van der Waals surface area (Å²) in [6.07, 6.45) is 1.05. The second-order valence-electron chi connectivity index (χ2n) is 5.93. The van der Waals surface area contributed by atoms with Crippen LogP contribution in [-0.2, 0) is 13.2 Å². The highest BCUT2D eigenvalue weighted by molar-refractivity contribution is 5.85. The SMILES string of the molecule is Cc1ccc(COc2cccc(CNCCCNCCO)c2)cc1.Cl.Cl. The van der Waals surface area contributed by atoms with Crippen LogP contribution in [0.25, 0.3) is 0 Å². The Labute approximate surface area is 169 Å². The maximum atomic E-state index is 8.68. The zero-order valence-electron chi connectivity index (χ0n) is 15.2. The van der Waals surface area contributed by atoms with Crippen LogP contribution >= 0.6 is 24.8 Å². The minimum atomic E-state index is 0. The lowest BCUT2D eigenvalue weighted by Crippen LogP contribution is -2.23. The van der Waals surface area contributed by atoms with Crippen molar-refractivity contribution in [3.63, 3.8) is 0 Å². The van der Waals surface area contributed by atoms with Gasteiger partial charge < -0.3 is 20.5 Å². The first kappa shape index (κ1) is 24.7. The van der Waals surface area contributed by atoms with E-state index < -0.39 is 0 Å². The van der Waals surface area contributed by atoms with E-state index in [1.807, 2.05) is 12.1 Å². The number of nitrogens with one attached hydrogen (secondary N) is 2. The van der Waals surface area contributed by atoms with Crippen molar-refractivity contribution < 1.29 is 9.84 Å². The highest BCUT2D eigenvalue weighted by Crippen LogP contribution is 2.15. The van der Waals surface area contributed by atoms with Crippen LogP contribution in [0.4, 0.5) is 0 Å². The number of aryl methyl sites for hydroxylation is 1. The van der Waals surface area contributed by atoms with Crippen LogP contribution in [0.15, 0.2) is 48.5 Å². The van der Waals surface area contributed by atoms with Gasteiger partial charge in [0.1, 0.15) is 12.4 Å². The second kappa shape index (κ2) is 14.8. The van der Waals surface area contributed by atoms with E-state index in [4.69, 9.17) is 9.84 Å². The Morgan fingerprint density at radius 2 is 1.62 bits per heavy atom. The number of ether oxygens (including phenoxy) is 1. The van der Waals surface area contributed by atoms with E-state index in [1.54, 1.807) is 0 Å². The molecule has 4 nitrogen and oxygen atoms in total. The third-order valence-corrected chi connectivity index (χ3v) is 3.75. The summed E-state index contributed by atoms with van der Waals surface area (Å²) in [4.78, 5) is 0. The van der Waals surface area contributed by atoms with Gasteiger partial charge in [0.2, 0.25) is 0 Å². The van der Waals surface area contributed by atoms with E-state index in [-0.39, 0.29) is 31.4 Å². The van der Waals surface area contributed by atoms with Gasteiger partial charge >= 0.3 is 0 Å². The Bertz CT molecular complexity index is 595. The number of aliphatic hydroxyl groups excluding tert-OH is 1. The predicted molar refractivity (Wildman–Crippen MR) is 113 cm³/mol. The van der Waals surface area contributed by atoms with Gasteiger partial charge in [0.05, 0.1) is 6.61 Å². The van der Waals surface area contributed by atoms with Gasteiger partial charge in [-0.25, -0.2) is 0 Å². The lowest BCUT2D eigenvalue weighted by molar-refractivity contribution is 0.292. The van der Waals surface area contributed by atoms with E-state index >= 15 is 0 Å². The van der Waals surface area contributed by atoms with Crippen molar-refractivity contribution in [2.24, 2.45) is 0 Å². The molecule has 0 saturated heterocycles. The van der Waals surface area contributed by atoms with Crippen LogP contribution in [-0.4, -0.2) is 31.3 Å². The number of aliphatic hydroxyl groups is 1. The molecule has 0 bridgehead atoms. The summed E-state index contributed by atoms with van der Waals surface area (Å²) in [6.45, 7) is 6.25. The molecule has 0 radical (unpaired) electrons. The highest BCUT2D eigenvalue weighted by Gasteiger charge is 1.99. The minimum Gasteiger partial charge on any atom is -0.489 e. The zero-order valence-corrected chi connectivity index (χ0v) is 16.9. The number of hydrogen-bond acceptors (Lipinski definition) is 4. The molecular formula is C20H30Cl2N2O2. The van der Waals surface area contributed by atoms with Gasteiger partial charge in [-0.05, 0) is 49.7 Å². The number of benzene rings is 2. The lowest BCUT2D eigenvalue weighted by atomic mass is 10.2. The van der Waals surface area contributed by atoms with Crippen molar-refractivity contribution >= 4 is 24.8 Å². The van der Waals surface area contributed by atoms with E-state index in [0.717, 1.165) is 31.8 Å². The van der Waals surface area contributed by atoms with Gasteiger partial charge in [-0.2, -0.15) is 0 Å². The van der Waals surface area contributed by atoms with Crippen LogP contribution < -0.4 is 15.4 Å². The van der Waals surface area contributed by atoms with E-state index in [1.165, 1.54) is 16.7 Å². The molecule has 3 N–H and O–H groups in total. The molecule has 0 atom stereocenters. The van der Waals surface area contributed by atoms with Crippen LogP contribution in [0, 0.1) is 6.92 Å². The fraction of sp³-hybridized carbons (Fsp3) is 0.400. The van der Waals surface area contributed by atoms with Crippen LogP contribution in [0.2, 0.25) is 0 Å². The first-order valence-electron chi connectivity index (χ1n) is 8.57. The molecule has 0 heterocycles. The van der Waals surface area contributed by atoms with Crippen LogP contribution in [0.1, 0.15) is 23.1 Å². The smallest absolute Gasteiger partial charge is 0.120 e. The average molecular weight is 401 g/mol. The van der Waals surface area contributed by atoms with Crippen LogP contribution in [0.3, 0.4) is 0 Å². The van der Waals surface area contributed by atoms with Crippen molar-refractivity contribution in [1.82, 2.24) is 10.6 Å². The molecular weight excluding hydrogens is 371 g/mol. The molecule has 2 aromatic rings. The van der Waals surface area contributed by atoms with Crippen molar-refractivity contribution in [3.8, 4) is 5.75 Å². The first-order valence-corrected chi connectivity index (χ1v) is 8.57. The minimum absolute atomic E-state index is 0. The molecule has 6 heteroatoms. The third kappa shape index (κ3) is 10.00. The molecule has 0 aliphatic heterocycles. The monoisotopic (exact) mass is 400 g/mol. The van der Waals surface area contributed by atoms with E-state index in [2.05, 4.69) is 54.0 Å². The molecule has 0 aliphatic carbocycles. The molecule has 2 rings (SSSR count). The quantitative estimate of drug-likeness (QED) is 0.505. The Balaban J connectivity index is 0.00000312. The Kier molecular flexibility index (Phi) is 14.1. The normalized spacial score (nSPS) is 9.92. The molecule has 0 fully saturated rings. The summed E-state index contributed by atoms with van der Waals surface area (Å²) >= 11 is 0. The Morgan fingerprint density at radius 3 is 2.35 bits per heavy atom. The first-order chi connectivity index (χ1) is 11.8. The highest BCUT2D eigenvalue weighted by atomic mass is 35.5.